The molecule has 0 aliphatic carbocycles. The van der Waals surface area contributed by atoms with Crippen LogP contribution in [-0.4, -0.2) is 29.6 Å². The summed E-state index contributed by atoms with van der Waals surface area (Å²) in [5.74, 6) is -0.510. The number of carbonyl (C=O) groups excluding carboxylic acids is 1. The van der Waals surface area contributed by atoms with Gasteiger partial charge in [-0.2, -0.15) is 0 Å². The number of benzene rings is 1. The summed E-state index contributed by atoms with van der Waals surface area (Å²) in [6.07, 6.45) is 0.975. The van der Waals surface area contributed by atoms with E-state index in [2.05, 4.69) is 19.2 Å². The molecule has 2 N–H and O–H groups in total. The smallest absolute Gasteiger partial charge is 0.325 e. The Morgan fingerprint density at radius 3 is 2.55 bits per heavy atom. The van der Waals surface area contributed by atoms with Gasteiger partial charge in [0.25, 0.3) is 5.91 Å². The third-order valence-electron chi connectivity index (χ3n) is 3.17. The molecule has 0 saturated heterocycles. The SMILES string of the molecule is CCC(C)c1ccccc1OCC(=O)N[C@H](C)C(=O)O. The summed E-state index contributed by atoms with van der Waals surface area (Å²) in [5, 5.41) is 11.1. The van der Waals surface area contributed by atoms with Gasteiger partial charge in [0.15, 0.2) is 6.61 Å². The second-order valence-electron chi connectivity index (χ2n) is 4.76. The molecule has 5 nitrogen and oxygen atoms in total. The molecule has 20 heavy (non-hydrogen) atoms. The molecule has 110 valence electrons. The molecule has 5 heteroatoms. The van der Waals surface area contributed by atoms with Crippen molar-refractivity contribution in [2.75, 3.05) is 6.61 Å². The Hall–Kier alpha value is -2.04. The average molecular weight is 279 g/mol. The third kappa shape index (κ3) is 4.57. The predicted octanol–water partition coefficient (Wildman–Crippen LogP) is 2.17. The number of carboxylic acid groups (broad SMARTS) is 1. The lowest BCUT2D eigenvalue weighted by Gasteiger charge is -2.16. The highest BCUT2D eigenvalue weighted by molar-refractivity contribution is 5.84. The molecule has 0 aliphatic rings. The van der Waals surface area contributed by atoms with Crippen LogP contribution < -0.4 is 10.1 Å². The first-order chi connectivity index (χ1) is 9.45. The van der Waals surface area contributed by atoms with E-state index in [-0.39, 0.29) is 6.61 Å². The summed E-state index contributed by atoms with van der Waals surface area (Å²) in [4.78, 5) is 22.2. The van der Waals surface area contributed by atoms with Crippen molar-refractivity contribution < 1.29 is 19.4 Å². The normalized spacial score (nSPS) is 13.3. The van der Waals surface area contributed by atoms with Crippen LogP contribution in [0.15, 0.2) is 24.3 Å². The van der Waals surface area contributed by atoms with Crippen LogP contribution in [0.5, 0.6) is 5.75 Å². The van der Waals surface area contributed by atoms with Crippen LogP contribution in [0.1, 0.15) is 38.7 Å². The van der Waals surface area contributed by atoms with Gasteiger partial charge < -0.3 is 15.2 Å². The number of rotatable bonds is 7. The topological polar surface area (TPSA) is 75.6 Å². The summed E-state index contributed by atoms with van der Waals surface area (Å²) >= 11 is 0. The summed E-state index contributed by atoms with van der Waals surface area (Å²) in [5.41, 5.74) is 1.05. The Labute approximate surface area is 118 Å². The highest BCUT2D eigenvalue weighted by Crippen LogP contribution is 2.28. The zero-order chi connectivity index (χ0) is 15.1. The zero-order valence-electron chi connectivity index (χ0n) is 12.1. The molecular weight excluding hydrogens is 258 g/mol. The van der Waals surface area contributed by atoms with E-state index in [0.717, 1.165) is 12.0 Å². The summed E-state index contributed by atoms with van der Waals surface area (Å²) in [7, 11) is 0. The Morgan fingerprint density at radius 2 is 1.95 bits per heavy atom. The molecule has 1 unspecified atom stereocenters. The van der Waals surface area contributed by atoms with Crippen LogP contribution in [0, 0.1) is 0 Å². The molecule has 0 radical (unpaired) electrons. The van der Waals surface area contributed by atoms with Crippen LogP contribution in [0.2, 0.25) is 0 Å². The first kappa shape index (κ1) is 16.0. The van der Waals surface area contributed by atoms with Crippen molar-refractivity contribution in [3.05, 3.63) is 29.8 Å². The van der Waals surface area contributed by atoms with Crippen LogP contribution in [0.3, 0.4) is 0 Å². The average Bonchev–Trinajstić information content (AvgIpc) is 2.44. The van der Waals surface area contributed by atoms with Gasteiger partial charge >= 0.3 is 5.97 Å². The Balaban J connectivity index is 2.62. The van der Waals surface area contributed by atoms with Crippen molar-refractivity contribution in [1.29, 1.82) is 0 Å². The number of hydrogen-bond acceptors (Lipinski definition) is 3. The van der Waals surface area contributed by atoms with E-state index < -0.39 is 17.9 Å². The molecule has 0 bridgehead atoms. The number of aliphatic carboxylic acids is 1. The first-order valence-corrected chi connectivity index (χ1v) is 6.69. The van der Waals surface area contributed by atoms with Gasteiger partial charge in [-0.25, -0.2) is 0 Å². The number of hydrogen-bond donors (Lipinski definition) is 2. The maximum atomic E-state index is 11.6. The Kier molecular flexibility index (Phi) is 6.03. The summed E-state index contributed by atoms with van der Waals surface area (Å²) in [6.45, 7) is 5.40. The highest BCUT2D eigenvalue weighted by Gasteiger charge is 2.15. The Morgan fingerprint density at radius 1 is 1.30 bits per heavy atom. The fourth-order valence-electron chi connectivity index (χ4n) is 1.73. The van der Waals surface area contributed by atoms with Crippen LogP contribution >= 0.6 is 0 Å². The minimum Gasteiger partial charge on any atom is -0.483 e. The molecule has 0 aromatic heterocycles. The number of carboxylic acids is 1. The molecular formula is C15H21NO4. The number of amides is 1. The molecule has 1 rings (SSSR count). The molecule has 1 amide bonds. The molecule has 0 heterocycles. The second kappa shape index (κ2) is 7.53. The quantitative estimate of drug-likeness (QED) is 0.802. The number of para-hydroxylation sites is 1. The van der Waals surface area contributed by atoms with Crippen molar-refractivity contribution in [2.24, 2.45) is 0 Å². The van der Waals surface area contributed by atoms with Gasteiger partial charge in [-0.3, -0.25) is 9.59 Å². The number of nitrogens with one attached hydrogen (secondary N) is 1. The Bertz CT molecular complexity index is 473. The summed E-state index contributed by atoms with van der Waals surface area (Å²) < 4.78 is 5.50. The molecule has 0 spiro atoms. The lowest BCUT2D eigenvalue weighted by Crippen LogP contribution is -2.40. The second-order valence-corrected chi connectivity index (χ2v) is 4.76. The maximum absolute atomic E-state index is 11.6. The molecule has 1 aromatic carbocycles. The standard InChI is InChI=1S/C15H21NO4/c1-4-10(2)12-7-5-6-8-13(12)20-9-14(17)16-11(3)15(18)19/h5-8,10-11H,4,9H2,1-3H3,(H,16,17)(H,18,19)/t10?,11-/m1/s1. The summed E-state index contributed by atoms with van der Waals surface area (Å²) in [6, 6.07) is 6.65. The van der Waals surface area contributed by atoms with Gasteiger partial charge in [0.1, 0.15) is 11.8 Å². The molecule has 0 fully saturated rings. The van der Waals surface area contributed by atoms with Crippen LogP contribution in [-0.2, 0) is 9.59 Å². The van der Waals surface area contributed by atoms with Gasteiger partial charge in [0.2, 0.25) is 0 Å². The van der Waals surface area contributed by atoms with Crippen LogP contribution in [0.4, 0.5) is 0 Å². The zero-order valence-corrected chi connectivity index (χ0v) is 12.1. The fraction of sp³-hybridized carbons (Fsp3) is 0.467. The van der Waals surface area contributed by atoms with E-state index in [4.69, 9.17) is 9.84 Å². The maximum Gasteiger partial charge on any atom is 0.325 e. The molecule has 2 atom stereocenters. The lowest BCUT2D eigenvalue weighted by atomic mass is 9.98. The number of carbonyl (C=O) groups is 2. The number of ether oxygens (including phenoxy) is 1. The monoisotopic (exact) mass is 279 g/mol. The highest BCUT2D eigenvalue weighted by atomic mass is 16.5. The van der Waals surface area contributed by atoms with E-state index >= 15 is 0 Å². The molecule has 1 aromatic rings. The van der Waals surface area contributed by atoms with E-state index in [1.165, 1.54) is 6.92 Å². The van der Waals surface area contributed by atoms with Gasteiger partial charge in [-0.1, -0.05) is 32.0 Å². The lowest BCUT2D eigenvalue weighted by molar-refractivity contribution is -0.141. The fourth-order valence-corrected chi connectivity index (χ4v) is 1.73. The van der Waals surface area contributed by atoms with E-state index in [1.807, 2.05) is 24.3 Å². The van der Waals surface area contributed by atoms with Crippen molar-refractivity contribution in [3.63, 3.8) is 0 Å². The van der Waals surface area contributed by atoms with Crippen molar-refractivity contribution in [3.8, 4) is 5.75 Å². The predicted molar refractivity (Wildman–Crippen MR) is 75.9 cm³/mol. The van der Waals surface area contributed by atoms with Crippen molar-refractivity contribution in [1.82, 2.24) is 5.32 Å². The molecule has 0 saturated carbocycles. The largest absolute Gasteiger partial charge is 0.483 e. The minimum atomic E-state index is -1.07. The minimum absolute atomic E-state index is 0.189. The van der Waals surface area contributed by atoms with E-state index in [9.17, 15) is 9.59 Å². The van der Waals surface area contributed by atoms with E-state index in [0.29, 0.717) is 11.7 Å². The van der Waals surface area contributed by atoms with E-state index in [1.54, 1.807) is 0 Å². The molecule has 0 aliphatic heterocycles. The van der Waals surface area contributed by atoms with Gasteiger partial charge in [0.05, 0.1) is 0 Å². The third-order valence-corrected chi connectivity index (χ3v) is 3.17. The first-order valence-electron chi connectivity index (χ1n) is 6.69. The van der Waals surface area contributed by atoms with Gasteiger partial charge in [-0.15, -0.1) is 0 Å². The van der Waals surface area contributed by atoms with Crippen LogP contribution in [0.25, 0.3) is 0 Å². The van der Waals surface area contributed by atoms with Crippen molar-refractivity contribution in [2.45, 2.75) is 39.2 Å². The van der Waals surface area contributed by atoms with Crippen molar-refractivity contribution >= 4 is 11.9 Å². The van der Waals surface area contributed by atoms with Gasteiger partial charge in [0, 0.05) is 0 Å². The van der Waals surface area contributed by atoms with Gasteiger partial charge in [-0.05, 0) is 30.9 Å².